The van der Waals surface area contributed by atoms with Gasteiger partial charge >= 0.3 is 0 Å². The maximum Gasteiger partial charge on any atom is 0.196 e. The molecule has 1 atom stereocenters. The number of aromatic hydroxyl groups is 1. The molecule has 0 saturated carbocycles. The fraction of sp³-hybridized carbons (Fsp3) is 0.294. The van der Waals surface area contributed by atoms with Crippen molar-refractivity contribution in [1.29, 1.82) is 0 Å². The van der Waals surface area contributed by atoms with Gasteiger partial charge in [0.05, 0.1) is 0 Å². The average Bonchev–Trinajstić information content (AvgIpc) is 2.44. The fourth-order valence-corrected chi connectivity index (χ4v) is 2.00. The SMILES string of the molecule is CCOC(C)Oc1ccc(Cc2ccc(O)cc2)cc1. The van der Waals surface area contributed by atoms with Gasteiger partial charge in [-0.25, -0.2) is 0 Å². The predicted molar refractivity (Wildman–Crippen MR) is 79.1 cm³/mol. The fourth-order valence-electron chi connectivity index (χ4n) is 2.00. The lowest BCUT2D eigenvalue weighted by molar-refractivity contribution is -0.0613. The molecule has 0 radical (unpaired) electrons. The van der Waals surface area contributed by atoms with Crippen LogP contribution in [0.3, 0.4) is 0 Å². The summed E-state index contributed by atoms with van der Waals surface area (Å²) in [5, 5.41) is 9.26. The Labute approximate surface area is 119 Å². The molecule has 2 aromatic carbocycles. The number of rotatable bonds is 6. The molecule has 0 fully saturated rings. The summed E-state index contributed by atoms with van der Waals surface area (Å²) in [6.07, 6.45) is 0.602. The first-order valence-electron chi connectivity index (χ1n) is 6.82. The Bertz CT molecular complexity index is 517. The zero-order valence-electron chi connectivity index (χ0n) is 11.9. The molecule has 0 heterocycles. The van der Waals surface area contributed by atoms with Crippen molar-refractivity contribution in [3.05, 3.63) is 59.7 Å². The van der Waals surface area contributed by atoms with E-state index >= 15 is 0 Å². The highest BCUT2D eigenvalue weighted by atomic mass is 16.7. The molecule has 0 aromatic heterocycles. The van der Waals surface area contributed by atoms with Gasteiger partial charge in [0.1, 0.15) is 11.5 Å². The van der Waals surface area contributed by atoms with Crippen LogP contribution in [0.2, 0.25) is 0 Å². The number of phenolic OH excluding ortho intramolecular Hbond substituents is 1. The molecule has 0 aliphatic carbocycles. The van der Waals surface area contributed by atoms with Crippen molar-refractivity contribution in [2.24, 2.45) is 0 Å². The summed E-state index contributed by atoms with van der Waals surface area (Å²) in [7, 11) is 0. The molecule has 3 nitrogen and oxygen atoms in total. The smallest absolute Gasteiger partial charge is 0.196 e. The second-order valence-electron chi connectivity index (χ2n) is 4.63. The van der Waals surface area contributed by atoms with Gasteiger partial charge in [0.25, 0.3) is 0 Å². The predicted octanol–water partition coefficient (Wildman–Crippen LogP) is 3.74. The molecule has 0 saturated heterocycles. The summed E-state index contributed by atoms with van der Waals surface area (Å²) in [5.74, 6) is 1.10. The third kappa shape index (κ3) is 4.28. The van der Waals surface area contributed by atoms with Crippen molar-refractivity contribution in [3.8, 4) is 11.5 Å². The second kappa shape index (κ2) is 6.96. The van der Waals surface area contributed by atoms with E-state index in [2.05, 4.69) is 0 Å². The van der Waals surface area contributed by atoms with Gasteiger partial charge in [0, 0.05) is 6.61 Å². The number of hydrogen-bond donors (Lipinski definition) is 1. The minimum absolute atomic E-state index is 0.233. The molecule has 106 valence electrons. The summed E-state index contributed by atoms with van der Waals surface area (Å²) in [6.45, 7) is 4.47. The molecule has 0 spiro atoms. The molecule has 0 aliphatic heterocycles. The maximum atomic E-state index is 9.26. The molecule has 1 N–H and O–H groups in total. The third-order valence-electron chi connectivity index (χ3n) is 2.97. The number of ether oxygens (including phenoxy) is 2. The summed E-state index contributed by atoms with van der Waals surface area (Å²) in [4.78, 5) is 0. The molecule has 0 amide bonds. The lowest BCUT2D eigenvalue weighted by atomic mass is 10.0. The van der Waals surface area contributed by atoms with E-state index in [9.17, 15) is 5.11 Å². The summed E-state index contributed by atoms with van der Waals surface area (Å²) in [6, 6.07) is 15.2. The van der Waals surface area contributed by atoms with E-state index in [0.29, 0.717) is 12.4 Å². The van der Waals surface area contributed by atoms with Gasteiger partial charge in [-0.1, -0.05) is 24.3 Å². The first kappa shape index (κ1) is 14.4. The monoisotopic (exact) mass is 272 g/mol. The molecule has 3 heteroatoms. The van der Waals surface area contributed by atoms with Crippen LogP contribution >= 0.6 is 0 Å². The lowest BCUT2D eigenvalue weighted by Gasteiger charge is -2.14. The minimum atomic E-state index is -0.233. The second-order valence-corrected chi connectivity index (χ2v) is 4.63. The molecule has 20 heavy (non-hydrogen) atoms. The van der Waals surface area contributed by atoms with E-state index < -0.39 is 0 Å². The topological polar surface area (TPSA) is 38.7 Å². The zero-order valence-corrected chi connectivity index (χ0v) is 11.9. The molecule has 2 aromatic rings. The Kier molecular flexibility index (Phi) is 5.02. The van der Waals surface area contributed by atoms with E-state index in [0.717, 1.165) is 12.2 Å². The Balaban J connectivity index is 1.96. The molecule has 0 aliphatic rings. The van der Waals surface area contributed by atoms with Crippen LogP contribution in [0.1, 0.15) is 25.0 Å². The number of benzene rings is 2. The first-order valence-corrected chi connectivity index (χ1v) is 6.82. The van der Waals surface area contributed by atoms with E-state index in [4.69, 9.17) is 9.47 Å². The molecular weight excluding hydrogens is 252 g/mol. The highest BCUT2D eigenvalue weighted by molar-refractivity contribution is 5.33. The summed E-state index contributed by atoms with van der Waals surface area (Å²) in [5.41, 5.74) is 2.37. The Morgan fingerprint density at radius 3 is 2.05 bits per heavy atom. The van der Waals surface area contributed by atoms with Crippen LogP contribution in [0.25, 0.3) is 0 Å². The van der Waals surface area contributed by atoms with Crippen molar-refractivity contribution in [3.63, 3.8) is 0 Å². The van der Waals surface area contributed by atoms with Crippen molar-refractivity contribution in [2.45, 2.75) is 26.6 Å². The van der Waals surface area contributed by atoms with Crippen LogP contribution in [0, 0.1) is 0 Å². The van der Waals surface area contributed by atoms with Gasteiger partial charge < -0.3 is 14.6 Å². The number of hydrogen-bond acceptors (Lipinski definition) is 3. The summed E-state index contributed by atoms with van der Waals surface area (Å²) >= 11 is 0. The molecule has 2 rings (SSSR count). The van der Waals surface area contributed by atoms with Gasteiger partial charge in [-0.2, -0.15) is 0 Å². The van der Waals surface area contributed by atoms with Crippen molar-refractivity contribution < 1.29 is 14.6 Å². The third-order valence-corrected chi connectivity index (χ3v) is 2.97. The first-order chi connectivity index (χ1) is 9.67. The van der Waals surface area contributed by atoms with E-state index in [1.807, 2.05) is 50.2 Å². The molecule has 0 bridgehead atoms. The van der Waals surface area contributed by atoms with Gasteiger partial charge in [0.15, 0.2) is 6.29 Å². The van der Waals surface area contributed by atoms with Gasteiger partial charge in [-0.15, -0.1) is 0 Å². The zero-order chi connectivity index (χ0) is 14.4. The molecular formula is C17H20O3. The lowest BCUT2D eigenvalue weighted by Crippen LogP contribution is -2.15. The summed E-state index contributed by atoms with van der Waals surface area (Å²) < 4.78 is 11.0. The van der Waals surface area contributed by atoms with Gasteiger partial charge in [-0.05, 0) is 55.7 Å². The van der Waals surface area contributed by atoms with Crippen molar-refractivity contribution >= 4 is 0 Å². The maximum absolute atomic E-state index is 9.26. The minimum Gasteiger partial charge on any atom is -0.508 e. The Hall–Kier alpha value is -2.00. The highest BCUT2D eigenvalue weighted by Crippen LogP contribution is 2.18. The Morgan fingerprint density at radius 2 is 1.50 bits per heavy atom. The van der Waals surface area contributed by atoms with Crippen LogP contribution in [0.4, 0.5) is 0 Å². The van der Waals surface area contributed by atoms with Gasteiger partial charge in [-0.3, -0.25) is 0 Å². The quantitative estimate of drug-likeness (QED) is 0.814. The van der Waals surface area contributed by atoms with Crippen molar-refractivity contribution in [2.75, 3.05) is 6.61 Å². The normalized spacial score (nSPS) is 12.1. The van der Waals surface area contributed by atoms with Crippen LogP contribution in [-0.2, 0) is 11.2 Å². The van der Waals surface area contributed by atoms with Gasteiger partial charge in [0.2, 0.25) is 0 Å². The van der Waals surface area contributed by atoms with E-state index in [1.165, 1.54) is 11.1 Å². The number of phenols is 1. The van der Waals surface area contributed by atoms with Crippen molar-refractivity contribution in [1.82, 2.24) is 0 Å². The van der Waals surface area contributed by atoms with E-state index in [-0.39, 0.29) is 6.29 Å². The van der Waals surface area contributed by atoms with Crippen LogP contribution < -0.4 is 4.74 Å². The van der Waals surface area contributed by atoms with Crippen LogP contribution in [0.5, 0.6) is 11.5 Å². The average molecular weight is 272 g/mol. The molecule has 1 unspecified atom stereocenters. The Morgan fingerprint density at radius 1 is 0.950 bits per heavy atom. The van der Waals surface area contributed by atoms with Crippen LogP contribution in [-0.4, -0.2) is 18.0 Å². The van der Waals surface area contributed by atoms with Crippen LogP contribution in [0.15, 0.2) is 48.5 Å². The largest absolute Gasteiger partial charge is 0.508 e. The van der Waals surface area contributed by atoms with E-state index in [1.54, 1.807) is 12.1 Å². The highest BCUT2D eigenvalue weighted by Gasteiger charge is 2.03. The standard InChI is InChI=1S/C17H20O3/c1-3-19-13(2)20-17-10-6-15(7-11-17)12-14-4-8-16(18)9-5-14/h4-11,13,18H,3,12H2,1-2H3.